The summed E-state index contributed by atoms with van der Waals surface area (Å²) in [4.78, 5) is 0. The van der Waals surface area contributed by atoms with Crippen molar-refractivity contribution in [3.63, 3.8) is 0 Å². The van der Waals surface area contributed by atoms with E-state index in [1.807, 2.05) is 0 Å². The van der Waals surface area contributed by atoms with Crippen LogP contribution in [0.3, 0.4) is 0 Å². The van der Waals surface area contributed by atoms with Crippen molar-refractivity contribution in [2.24, 2.45) is 11.7 Å². The van der Waals surface area contributed by atoms with Crippen LogP contribution in [0.15, 0.2) is 12.2 Å². The number of hydrogen-bond donors (Lipinski definition) is 1. The predicted molar refractivity (Wildman–Crippen MR) is 33.8 cm³/mol. The molecule has 0 unspecified atom stereocenters. The summed E-state index contributed by atoms with van der Waals surface area (Å²) >= 11 is 0. The summed E-state index contributed by atoms with van der Waals surface area (Å²) in [6.07, 6.45) is -10.8. The van der Waals surface area contributed by atoms with E-state index >= 15 is 0 Å². The molecule has 13 heavy (non-hydrogen) atoms. The molecule has 0 heterocycles. The fraction of sp³-hybridized carbons (Fsp3) is 0.667. The second kappa shape index (κ2) is 3.57. The van der Waals surface area contributed by atoms with Gasteiger partial charge in [-0.15, -0.1) is 0 Å². The third kappa shape index (κ3) is 3.25. The van der Waals surface area contributed by atoms with Crippen LogP contribution in [0, 0.1) is 5.92 Å². The number of rotatable bonds is 2. The van der Waals surface area contributed by atoms with Crippen LogP contribution in [0.25, 0.3) is 0 Å². The monoisotopic (exact) mass is 207 g/mol. The third-order valence-corrected chi connectivity index (χ3v) is 1.33. The van der Waals surface area contributed by atoms with E-state index in [4.69, 9.17) is 0 Å². The summed E-state index contributed by atoms with van der Waals surface area (Å²) in [5.41, 5.74) is 3.58. The summed E-state index contributed by atoms with van der Waals surface area (Å²) in [5, 5.41) is 0. The molecule has 0 aromatic rings. The number of halogens is 6. The van der Waals surface area contributed by atoms with Crippen LogP contribution in [0.2, 0.25) is 0 Å². The molecule has 0 aliphatic heterocycles. The number of nitrogens with two attached hydrogens (primary N) is 1. The Morgan fingerprint density at radius 1 is 1.08 bits per heavy atom. The van der Waals surface area contributed by atoms with Gasteiger partial charge in [-0.05, 0) is 5.57 Å². The smallest absolute Gasteiger partial charge is 0.327 e. The quantitative estimate of drug-likeness (QED) is 0.545. The molecule has 1 nitrogen and oxygen atoms in total. The molecular weight excluding hydrogens is 200 g/mol. The Kier molecular flexibility index (Phi) is 3.37. The summed E-state index contributed by atoms with van der Waals surface area (Å²) in [7, 11) is 0. The van der Waals surface area contributed by atoms with Crippen LogP contribution >= 0.6 is 0 Å². The second-order valence-electron chi connectivity index (χ2n) is 2.38. The van der Waals surface area contributed by atoms with E-state index in [1.54, 1.807) is 0 Å². The summed E-state index contributed by atoms with van der Waals surface area (Å²) in [5.74, 6) is -3.52. The average Bonchev–Trinajstić information content (AvgIpc) is 1.80. The maximum Gasteiger partial charge on any atom is 0.404 e. The van der Waals surface area contributed by atoms with Gasteiger partial charge in [-0.3, -0.25) is 0 Å². The first-order valence-electron chi connectivity index (χ1n) is 3.12. The molecule has 0 rings (SSSR count). The molecule has 0 aliphatic rings. The number of hydrogen-bond acceptors (Lipinski definition) is 1. The van der Waals surface area contributed by atoms with Crippen molar-refractivity contribution in [1.82, 2.24) is 0 Å². The highest BCUT2D eigenvalue weighted by Crippen LogP contribution is 2.42. The summed E-state index contributed by atoms with van der Waals surface area (Å²) in [6.45, 7) is 1.80. The summed E-state index contributed by atoms with van der Waals surface area (Å²) in [6, 6.07) is 0. The molecule has 0 saturated carbocycles. The highest BCUT2D eigenvalue weighted by atomic mass is 19.4. The van der Waals surface area contributed by atoms with E-state index in [1.165, 1.54) is 0 Å². The van der Waals surface area contributed by atoms with Gasteiger partial charge >= 0.3 is 12.4 Å². The van der Waals surface area contributed by atoms with Gasteiger partial charge in [0.1, 0.15) is 0 Å². The van der Waals surface area contributed by atoms with E-state index in [0.29, 0.717) is 0 Å². The predicted octanol–water partition coefficient (Wildman–Crippen LogP) is 2.24. The molecule has 0 spiro atoms. The SMILES string of the molecule is C=C(CN)C(C(F)(F)F)C(F)(F)F. The molecule has 0 aromatic heterocycles. The van der Waals surface area contributed by atoms with E-state index < -0.39 is 30.4 Å². The molecule has 0 radical (unpaired) electrons. The molecule has 2 N–H and O–H groups in total. The zero-order chi connectivity index (χ0) is 10.9. The van der Waals surface area contributed by atoms with Gasteiger partial charge in [0.2, 0.25) is 0 Å². The van der Waals surface area contributed by atoms with Gasteiger partial charge in [0.05, 0.1) is 0 Å². The molecular formula is C6H7F6N. The first kappa shape index (κ1) is 12.3. The van der Waals surface area contributed by atoms with E-state index in [0.717, 1.165) is 0 Å². The topological polar surface area (TPSA) is 26.0 Å². The lowest BCUT2D eigenvalue weighted by molar-refractivity contribution is -0.271. The van der Waals surface area contributed by atoms with Crippen molar-refractivity contribution < 1.29 is 26.3 Å². The molecule has 0 saturated heterocycles. The third-order valence-electron chi connectivity index (χ3n) is 1.33. The van der Waals surface area contributed by atoms with Crippen LogP contribution in [-0.2, 0) is 0 Å². The van der Waals surface area contributed by atoms with Crippen LogP contribution < -0.4 is 5.73 Å². The van der Waals surface area contributed by atoms with Gasteiger partial charge in [-0.25, -0.2) is 0 Å². The molecule has 0 atom stereocenters. The Morgan fingerprint density at radius 2 is 1.38 bits per heavy atom. The van der Waals surface area contributed by atoms with Gasteiger partial charge in [-0.1, -0.05) is 6.58 Å². The highest BCUT2D eigenvalue weighted by Gasteiger charge is 2.57. The highest BCUT2D eigenvalue weighted by molar-refractivity contribution is 5.08. The minimum Gasteiger partial charge on any atom is -0.327 e. The van der Waals surface area contributed by atoms with Gasteiger partial charge in [0.25, 0.3) is 0 Å². The Labute approximate surface area is 70.2 Å². The van der Waals surface area contributed by atoms with Crippen LogP contribution in [0.5, 0.6) is 0 Å². The first-order valence-corrected chi connectivity index (χ1v) is 3.12. The second-order valence-corrected chi connectivity index (χ2v) is 2.38. The maximum atomic E-state index is 11.8. The largest absolute Gasteiger partial charge is 0.404 e. The Hall–Kier alpha value is -0.720. The van der Waals surface area contributed by atoms with E-state index in [2.05, 4.69) is 12.3 Å². The van der Waals surface area contributed by atoms with E-state index in [9.17, 15) is 26.3 Å². The Bertz CT molecular complexity index is 176. The minimum absolute atomic E-state index is 0.844. The van der Waals surface area contributed by atoms with E-state index in [-0.39, 0.29) is 0 Å². The van der Waals surface area contributed by atoms with Crippen molar-refractivity contribution in [2.75, 3.05) is 6.54 Å². The Morgan fingerprint density at radius 3 is 1.46 bits per heavy atom. The molecule has 78 valence electrons. The standard InChI is InChI=1S/C6H7F6N/c1-3(2-13)4(5(7,8)9)6(10,11)12/h4H,1-2,13H2. The molecule has 0 bridgehead atoms. The lowest BCUT2D eigenvalue weighted by Gasteiger charge is -2.23. The lowest BCUT2D eigenvalue weighted by Crippen LogP contribution is -2.39. The normalized spacial score (nSPS) is 13.5. The van der Waals surface area contributed by atoms with Crippen molar-refractivity contribution >= 4 is 0 Å². The minimum atomic E-state index is -5.38. The van der Waals surface area contributed by atoms with Crippen molar-refractivity contribution in [3.8, 4) is 0 Å². The molecule has 0 amide bonds. The first-order chi connectivity index (χ1) is 5.60. The molecule has 7 heteroatoms. The van der Waals surface area contributed by atoms with Crippen LogP contribution in [-0.4, -0.2) is 18.9 Å². The van der Waals surface area contributed by atoms with Gasteiger partial charge in [0.15, 0.2) is 5.92 Å². The van der Waals surface area contributed by atoms with Gasteiger partial charge < -0.3 is 5.73 Å². The molecule has 0 fully saturated rings. The average molecular weight is 207 g/mol. The molecule has 0 aliphatic carbocycles. The lowest BCUT2D eigenvalue weighted by atomic mass is 9.99. The number of alkyl halides is 6. The van der Waals surface area contributed by atoms with Crippen molar-refractivity contribution in [1.29, 1.82) is 0 Å². The maximum absolute atomic E-state index is 11.8. The van der Waals surface area contributed by atoms with Crippen LogP contribution in [0.1, 0.15) is 0 Å². The fourth-order valence-corrected chi connectivity index (χ4v) is 0.766. The van der Waals surface area contributed by atoms with Crippen LogP contribution in [0.4, 0.5) is 26.3 Å². The van der Waals surface area contributed by atoms with Gasteiger partial charge in [-0.2, -0.15) is 26.3 Å². The van der Waals surface area contributed by atoms with Crippen molar-refractivity contribution in [2.45, 2.75) is 12.4 Å². The van der Waals surface area contributed by atoms with Crippen molar-refractivity contribution in [3.05, 3.63) is 12.2 Å². The Balaban J connectivity index is 4.89. The molecule has 0 aromatic carbocycles. The zero-order valence-electron chi connectivity index (χ0n) is 6.34. The van der Waals surface area contributed by atoms with Gasteiger partial charge in [0, 0.05) is 6.54 Å². The summed E-state index contributed by atoms with van der Waals surface area (Å²) < 4.78 is 70.9. The fourth-order valence-electron chi connectivity index (χ4n) is 0.766. The zero-order valence-corrected chi connectivity index (χ0v) is 6.34.